The van der Waals surface area contributed by atoms with Gasteiger partial charge in [0.25, 0.3) is 0 Å². The number of carbonyl (C=O) groups excluding carboxylic acids is 1. The van der Waals surface area contributed by atoms with Gasteiger partial charge in [-0.1, -0.05) is 12.2 Å². The molecule has 0 saturated carbocycles. The lowest BCUT2D eigenvalue weighted by atomic mass is 9.82. The largest absolute Gasteiger partial charge is 0.481 e. The van der Waals surface area contributed by atoms with Crippen molar-refractivity contribution in [3.8, 4) is 0 Å². The molecule has 102 valence electrons. The zero-order valence-electron chi connectivity index (χ0n) is 10.8. The molecular formula is C14H17NO4. The third-order valence-corrected chi connectivity index (χ3v) is 3.42. The van der Waals surface area contributed by atoms with Gasteiger partial charge in [0.2, 0.25) is 5.91 Å². The molecular weight excluding hydrogens is 246 g/mol. The van der Waals surface area contributed by atoms with Crippen LogP contribution < -0.4 is 0 Å². The van der Waals surface area contributed by atoms with E-state index in [-0.39, 0.29) is 5.91 Å². The second-order valence-corrected chi connectivity index (χ2v) is 4.77. The third-order valence-electron chi connectivity index (χ3n) is 3.42. The van der Waals surface area contributed by atoms with E-state index >= 15 is 0 Å². The monoisotopic (exact) mass is 263 g/mol. The summed E-state index contributed by atoms with van der Waals surface area (Å²) in [5.41, 5.74) is 0. The number of amides is 1. The minimum Gasteiger partial charge on any atom is -0.481 e. The first kappa shape index (κ1) is 13.4. The Morgan fingerprint density at radius 2 is 2.05 bits per heavy atom. The van der Waals surface area contributed by atoms with Crippen molar-refractivity contribution < 1.29 is 19.1 Å². The molecule has 1 aliphatic carbocycles. The highest BCUT2D eigenvalue weighted by Crippen LogP contribution is 2.27. The molecule has 0 spiro atoms. The van der Waals surface area contributed by atoms with Gasteiger partial charge < -0.3 is 14.4 Å². The lowest BCUT2D eigenvalue weighted by Crippen LogP contribution is -2.39. The first-order valence-corrected chi connectivity index (χ1v) is 6.24. The molecule has 1 amide bonds. The minimum atomic E-state index is -0.908. The van der Waals surface area contributed by atoms with Crippen molar-refractivity contribution in [2.45, 2.75) is 19.4 Å². The average Bonchev–Trinajstić information content (AvgIpc) is 2.90. The van der Waals surface area contributed by atoms with Crippen molar-refractivity contribution in [3.63, 3.8) is 0 Å². The smallest absolute Gasteiger partial charge is 0.307 e. The van der Waals surface area contributed by atoms with E-state index in [1.807, 2.05) is 12.2 Å². The summed E-state index contributed by atoms with van der Waals surface area (Å²) >= 11 is 0. The highest BCUT2D eigenvalue weighted by Gasteiger charge is 2.35. The topological polar surface area (TPSA) is 70.8 Å². The molecule has 1 aromatic rings. The third kappa shape index (κ3) is 3.05. The maximum absolute atomic E-state index is 12.3. The average molecular weight is 263 g/mol. The molecule has 1 N–H and O–H groups in total. The molecule has 19 heavy (non-hydrogen) atoms. The van der Waals surface area contributed by atoms with E-state index in [9.17, 15) is 14.7 Å². The molecule has 2 atom stereocenters. The molecule has 0 saturated heterocycles. The van der Waals surface area contributed by atoms with Crippen molar-refractivity contribution in [1.82, 2.24) is 4.90 Å². The minimum absolute atomic E-state index is 0.145. The zero-order valence-corrected chi connectivity index (χ0v) is 10.8. The van der Waals surface area contributed by atoms with Gasteiger partial charge in [0.05, 0.1) is 24.6 Å². The van der Waals surface area contributed by atoms with Crippen molar-refractivity contribution in [2.24, 2.45) is 11.8 Å². The Kier molecular flexibility index (Phi) is 4.04. The van der Waals surface area contributed by atoms with Gasteiger partial charge in [0, 0.05) is 7.05 Å². The Morgan fingerprint density at radius 3 is 2.63 bits per heavy atom. The molecule has 5 heteroatoms. The van der Waals surface area contributed by atoms with Crippen LogP contribution in [0.5, 0.6) is 0 Å². The molecule has 5 nitrogen and oxygen atoms in total. The predicted octanol–water partition coefficient (Wildman–Crippen LogP) is 1.91. The summed E-state index contributed by atoms with van der Waals surface area (Å²) in [6, 6.07) is 3.55. The maximum atomic E-state index is 12.3. The molecule has 1 heterocycles. The van der Waals surface area contributed by atoms with Crippen LogP contribution in [-0.2, 0) is 16.1 Å². The van der Waals surface area contributed by atoms with Crippen LogP contribution in [0.15, 0.2) is 35.0 Å². The van der Waals surface area contributed by atoms with E-state index in [4.69, 9.17) is 4.42 Å². The summed E-state index contributed by atoms with van der Waals surface area (Å²) < 4.78 is 5.19. The fourth-order valence-electron chi connectivity index (χ4n) is 2.36. The molecule has 0 aromatic carbocycles. The van der Waals surface area contributed by atoms with Crippen LogP contribution in [0, 0.1) is 11.8 Å². The second-order valence-electron chi connectivity index (χ2n) is 4.77. The number of allylic oxidation sites excluding steroid dienone is 2. The van der Waals surface area contributed by atoms with Crippen molar-refractivity contribution in [1.29, 1.82) is 0 Å². The summed E-state index contributed by atoms with van der Waals surface area (Å²) in [5.74, 6) is -1.48. The first-order chi connectivity index (χ1) is 9.09. The number of hydrogen-bond acceptors (Lipinski definition) is 3. The van der Waals surface area contributed by atoms with Crippen LogP contribution in [0.2, 0.25) is 0 Å². The fraction of sp³-hybridized carbons (Fsp3) is 0.429. The second kappa shape index (κ2) is 5.73. The Bertz CT molecular complexity index is 478. The molecule has 1 aliphatic rings. The van der Waals surface area contributed by atoms with Gasteiger partial charge in [-0.3, -0.25) is 9.59 Å². The highest BCUT2D eigenvalue weighted by molar-refractivity contribution is 5.85. The zero-order chi connectivity index (χ0) is 13.8. The van der Waals surface area contributed by atoms with Crippen LogP contribution in [0.1, 0.15) is 18.6 Å². The number of carboxylic acids is 1. The van der Waals surface area contributed by atoms with Gasteiger partial charge in [-0.15, -0.1) is 0 Å². The maximum Gasteiger partial charge on any atom is 0.307 e. The summed E-state index contributed by atoms with van der Waals surface area (Å²) in [5, 5.41) is 9.17. The van der Waals surface area contributed by atoms with E-state index in [0.29, 0.717) is 25.1 Å². The van der Waals surface area contributed by atoms with Gasteiger partial charge in [-0.2, -0.15) is 0 Å². The quantitative estimate of drug-likeness (QED) is 0.842. The fourth-order valence-corrected chi connectivity index (χ4v) is 2.36. The van der Waals surface area contributed by atoms with Gasteiger partial charge in [0.1, 0.15) is 5.76 Å². The standard InChI is InChI=1S/C14H17NO4/c1-15(9-10-5-4-8-19-10)13(16)11-6-2-3-7-12(11)14(17)18/h2-5,8,11-12H,6-7,9H2,1H3,(H,17,18). The summed E-state index contributed by atoms with van der Waals surface area (Å²) in [4.78, 5) is 25.0. The highest BCUT2D eigenvalue weighted by atomic mass is 16.4. The molecule has 0 radical (unpaired) electrons. The Hall–Kier alpha value is -2.04. The van der Waals surface area contributed by atoms with E-state index in [2.05, 4.69) is 0 Å². The lowest BCUT2D eigenvalue weighted by molar-refractivity contribution is -0.150. The van der Waals surface area contributed by atoms with Crippen LogP contribution in [0.25, 0.3) is 0 Å². The van der Waals surface area contributed by atoms with Gasteiger partial charge in [0.15, 0.2) is 0 Å². The van der Waals surface area contributed by atoms with Crippen LogP contribution >= 0.6 is 0 Å². The predicted molar refractivity (Wildman–Crippen MR) is 68.2 cm³/mol. The van der Waals surface area contributed by atoms with Crippen molar-refractivity contribution in [2.75, 3.05) is 7.05 Å². The van der Waals surface area contributed by atoms with Crippen LogP contribution in [0.3, 0.4) is 0 Å². The molecule has 0 aliphatic heterocycles. The molecule has 0 fully saturated rings. The molecule has 0 bridgehead atoms. The number of aliphatic carboxylic acids is 1. The first-order valence-electron chi connectivity index (χ1n) is 6.24. The summed E-state index contributed by atoms with van der Waals surface area (Å²) in [6.07, 6.45) is 6.16. The SMILES string of the molecule is CN(Cc1ccco1)C(=O)C1CC=CCC1C(=O)O. The number of rotatable bonds is 4. The number of nitrogens with zero attached hydrogens (tertiary/aromatic N) is 1. The summed E-state index contributed by atoms with van der Waals surface area (Å²) in [6.45, 7) is 0.360. The van der Waals surface area contributed by atoms with Gasteiger partial charge in [-0.25, -0.2) is 0 Å². The lowest BCUT2D eigenvalue weighted by Gasteiger charge is -2.28. The van der Waals surface area contributed by atoms with E-state index < -0.39 is 17.8 Å². The van der Waals surface area contributed by atoms with E-state index in [0.717, 1.165) is 0 Å². The van der Waals surface area contributed by atoms with Crippen molar-refractivity contribution >= 4 is 11.9 Å². The van der Waals surface area contributed by atoms with Crippen molar-refractivity contribution in [3.05, 3.63) is 36.3 Å². The van der Waals surface area contributed by atoms with Gasteiger partial charge in [-0.05, 0) is 25.0 Å². The Labute approximate surface area is 111 Å². The Balaban J connectivity index is 2.05. The van der Waals surface area contributed by atoms with E-state index in [1.54, 1.807) is 25.4 Å². The number of furan rings is 1. The number of hydrogen-bond donors (Lipinski definition) is 1. The summed E-state index contributed by atoms with van der Waals surface area (Å²) in [7, 11) is 1.67. The normalized spacial score (nSPS) is 22.2. The van der Waals surface area contributed by atoms with Gasteiger partial charge >= 0.3 is 5.97 Å². The molecule has 1 aromatic heterocycles. The van der Waals surface area contributed by atoms with Crippen LogP contribution in [0.4, 0.5) is 0 Å². The Morgan fingerprint density at radius 1 is 1.37 bits per heavy atom. The molecule has 2 rings (SSSR count). The number of carboxylic acid groups (broad SMARTS) is 1. The molecule has 2 unspecified atom stereocenters. The van der Waals surface area contributed by atoms with Crippen LogP contribution in [-0.4, -0.2) is 28.9 Å². The number of carbonyl (C=O) groups is 2. The van der Waals surface area contributed by atoms with E-state index in [1.165, 1.54) is 4.90 Å².